The standard InChI is InChI=1S/C12H21NO3/c1-4-16-12(15)7-10(3)13-6-5-11(14)9(2)8-13/h9-10H,4-8H2,1-3H3. The molecule has 1 rings (SSSR count). The monoisotopic (exact) mass is 227 g/mol. The van der Waals surface area contributed by atoms with E-state index in [1.807, 2.05) is 20.8 Å². The minimum absolute atomic E-state index is 0.0957. The number of ketones is 1. The van der Waals surface area contributed by atoms with Crippen LogP contribution in [-0.4, -0.2) is 42.4 Å². The molecule has 4 nitrogen and oxygen atoms in total. The summed E-state index contributed by atoms with van der Waals surface area (Å²) in [4.78, 5) is 24.9. The molecule has 0 bridgehead atoms. The van der Waals surface area contributed by atoms with Gasteiger partial charge in [0, 0.05) is 31.5 Å². The van der Waals surface area contributed by atoms with Gasteiger partial charge in [0.2, 0.25) is 0 Å². The number of carbonyl (C=O) groups excluding carboxylic acids is 2. The molecule has 0 aromatic heterocycles. The summed E-state index contributed by atoms with van der Waals surface area (Å²) in [6.45, 7) is 7.73. The summed E-state index contributed by atoms with van der Waals surface area (Å²) in [5.41, 5.74) is 0. The molecule has 0 N–H and O–H groups in total. The summed E-state index contributed by atoms with van der Waals surface area (Å²) in [6.07, 6.45) is 1.02. The molecule has 0 saturated carbocycles. The van der Waals surface area contributed by atoms with E-state index in [0.717, 1.165) is 13.1 Å². The van der Waals surface area contributed by atoms with Crippen molar-refractivity contribution >= 4 is 11.8 Å². The molecule has 0 spiro atoms. The normalized spacial score (nSPS) is 24.2. The van der Waals surface area contributed by atoms with Gasteiger partial charge in [-0.25, -0.2) is 0 Å². The molecule has 16 heavy (non-hydrogen) atoms. The quantitative estimate of drug-likeness (QED) is 0.678. The first-order valence-corrected chi connectivity index (χ1v) is 5.97. The lowest BCUT2D eigenvalue weighted by Crippen LogP contribution is -2.45. The SMILES string of the molecule is CCOC(=O)CC(C)N1CCC(=O)C(C)C1. The molecule has 2 unspecified atom stereocenters. The molecule has 4 heteroatoms. The highest BCUT2D eigenvalue weighted by atomic mass is 16.5. The Labute approximate surface area is 96.9 Å². The average Bonchev–Trinajstić information content (AvgIpc) is 2.22. The molecule has 0 amide bonds. The van der Waals surface area contributed by atoms with Crippen LogP contribution in [0.2, 0.25) is 0 Å². The van der Waals surface area contributed by atoms with Crippen LogP contribution in [0.5, 0.6) is 0 Å². The molecule has 0 radical (unpaired) electrons. The Morgan fingerprint density at radius 1 is 1.62 bits per heavy atom. The second-order valence-corrected chi connectivity index (χ2v) is 4.47. The number of ether oxygens (including phenoxy) is 1. The smallest absolute Gasteiger partial charge is 0.307 e. The van der Waals surface area contributed by atoms with Crippen LogP contribution in [0.25, 0.3) is 0 Å². The lowest BCUT2D eigenvalue weighted by Gasteiger charge is -2.34. The molecule has 92 valence electrons. The van der Waals surface area contributed by atoms with Gasteiger partial charge in [0.05, 0.1) is 13.0 Å². The summed E-state index contributed by atoms with van der Waals surface area (Å²) in [7, 11) is 0. The molecule has 1 saturated heterocycles. The summed E-state index contributed by atoms with van der Waals surface area (Å²) in [6, 6.07) is 0.162. The Morgan fingerprint density at radius 3 is 2.88 bits per heavy atom. The van der Waals surface area contributed by atoms with Crippen molar-refractivity contribution < 1.29 is 14.3 Å². The molecular formula is C12H21NO3. The van der Waals surface area contributed by atoms with Crippen LogP contribution in [0.15, 0.2) is 0 Å². The average molecular weight is 227 g/mol. The summed E-state index contributed by atoms with van der Waals surface area (Å²) in [5.74, 6) is 0.275. The highest BCUT2D eigenvalue weighted by Crippen LogP contribution is 2.16. The number of hydrogen-bond acceptors (Lipinski definition) is 4. The summed E-state index contributed by atoms with van der Waals surface area (Å²) >= 11 is 0. The lowest BCUT2D eigenvalue weighted by atomic mass is 9.97. The van der Waals surface area contributed by atoms with E-state index in [1.54, 1.807) is 0 Å². The van der Waals surface area contributed by atoms with Crippen molar-refractivity contribution in [3.8, 4) is 0 Å². The maximum atomic E-state index is 11.4. The molecule has 1 aliphatic rings. The van der Waals surface area contributed by atoms with Crippen LogP contribution in [0.3, 0.4) is 0 Å². The van der Waals surface area contributed by atoms with E-state index < -0.39 is 0 Å². The summed E-state index contributed by atoms with van der Waals surface area (Å²) in [5, 5.41) is 0. The number of esters is 1. The van der Waals surface area contributed by atoms with E-state index in [4.69, 9.17) is 4.74 Å². The number of Topliss-reactive ketones (excluding diaryl/α,β-unsaturated/α-hetero) is 1. The molecule has 0 aromatic carbocycles. The molecule has 0 aliphatic carbocycles. The first kappa shape index (κ1) is 13.2. The predicted octanol–water partition coefficient (Wildman–Crippen LogP) is 1.24. The summed E-state index contributed by atoms with van der Waals surface area (Å²) < 4.78 is 4.92. The highest BCUT2D eigenvalue weighted by Gasteiger charge is 2.27. The van der Waals surface area contributed by atoms with Crippen molar-refractivity contribution in [1.29, 1.82) is 0 Å². The third-order valence-corrected chi connectivity index (χ3v) is 3.09. The van der Waals surface area contributed by atoms with Gasteiger partial charge in [-0.2, -0.15) is 0 Å². The van der Waals surface area contributed by atoms with Gasteiger partial charge in [-0.05, 0) is 13.8 Å². The largest absolute Gasteiger partial charge is 0.466 e. The predicted molar refractivity (Wildman–Crippen MR) is 61.1 cm³/mol. The Hall–Kier alpha value is -0.900. The van der Waals surface area contributed by atoms with Crippen LogP contribution in [0.4, 0.5) is 0 Å². The van der Waals surface area contributed by atoms with Gasteiger partial charge in [0.25, 0.3) is 0 Å². The minimum atomic E-state index is -0.153. The maximum Gasteiger partial charge on any atom is 0.307 e. The highest BCUT2D eigenvalue weighted by molar-refractivity contribution is 5.81. The fraction of sp³-hybridized carbons (Fsp3) is 0.833. The van der Waals surface area contributed by atoms with Crippen LogP contribution in [-0.2, 0) is 14.3 Å². The topological polar surface area (TPSA) is 46.6 Å². The number of likely N-dealkylation sites (tertiary alicyclic amines) is 1. The van der Waals surface area contributed by atoms with Gasteiger partial charge in [0.1, 0.15) is 5.78 Å². The minimum Gasteiger partial charge on any atom is -0.466 e. The van der Waals surface area contributed by atoms with Crippen LogP contribution in [0.1, 0.15) is 33.6 Å². The van der Waals surface area contributed by atoms with E-state index in [-0.39, 0.29) is 17.9 Å². The van der Waals surface area contributed by atoms with Crippen molar-refractivity contribution in [3.05, 3.63) is 0 Å². The van der Waals surface area contributed by atoms with Gasteiger partial charge < -0.3 is 4.74 Å². The Morgan fingerprint density at radius 2 is 2.31 bits per heavy atom. The lowest BCUT2D eigenvalue weighted by molar-refractivity contribution is -0.144. The molecule has 2 atom stereocenters. The van der Waals surface area contributed by atoms with Crippen LogP contribution >= 0.6 is 0 Å². The second-order valence-electron chi connectivity index (χ2n) is 4.47. The Kier molecular flexibility index (Phi) is 4.93. The zero-order chi connectivity index (χ0) is 12.1. The van der Waals surface area contributed by atoms with E-state index in [0.29, 0.717) is 25.2 Å². The van der Waals surface area contributed by atoms with Crippen molar-refractivity contribution in [2.75, 3.05) is 19.7 Å². The second kappa shape index (κ2) is 5.99. The van der Waals surface area contributed by atoms with Crippen molar-refractivity contribution in [1.82, 2.24) is 4.90 Å². The third kappa shape index (κ3) is 3.59. The number of piperidine rings is 1. The fourth-order valence-corrected chi connectivity index (χ4v) is 2.04. The van der Waals surface area contributed by atoms with E-state index >= 15 is 0 Å². The number of hydrogen-bond donors (Lipinski definition) is 0. The van der Waals surface area contributed by atoms with Crippen molar-refractivity contribution in [2.24, 2.45) is 5.92 Å². The van der Waals surface area contributed by atoms with E-state index in [9.17, 15) is 9.59 Å². The van der Waals surface area contributed by atoms with Gasteiger partial charge in [-0.15, -0.1) is 0 Å². The number of nitrogens with zero attached hydrogens (tertiary/aromatic N) is 1. The van der Waals surface area contributed by atoms with Gasteiger partial charge in [-0.3, -0.25) is 14.5 Å². The van der Waals surface area contributed by atoms with E-state index in [1.165, 1.54) is 0 Å². The van der Waals surface area contributed by atoms with Gasteiger partial charge in [-0.1, -0.05) is 6.92 Å². The van der Waals surface area contributed by atoms with Gasteiger partial charge >= 0.3 is 5.97 Å². The first-order valence-electron chi connectivity index (χ1n) is 5.97. The first-order chi connectivity index (χ1) is 7.54. The zero-order valence-electron chi connectivity index (χ0n) is 10.4. The molecule has 1 heterocycles. The Bertz CT molecular complexity index is 265. The van der Waals surface area contributed by atoms with E-state index in [2.05, 4.69) is 4.90 Å². The molecular weight excluding hydrogens is 206 g/mol. The molecule has 1 fully saturated rings. The van der Waals surface area contributed by atoms with Crippen molar-refractivity contribution in [3.63, 3.8) is 0 Å². The number of rotatable bonds is 4. The van der Waals surface area contributed by atoms with Gasteiger partial charge in [0.15, 0.2) is 0 Å². The zero-order valence-corrected chi connectivity index (χ0v) is 10.4. The molecule has 0 aromatic rings. The van der Waals surface area contributed by atoms with Crippen molar-refractivity contribution in [2.45, 2.75) is 39.7 Å². The molecule has 1 aliphatic heterocycles. The number of carbonyl (C=O) groups is 2. The van der Waals surface area contributed by atoms with Crippen LogP contribution in [0, 0.1) is 5.92 Å². The Balaban J connectivity index is 2.39. The maximum absolute atomic E-state index is 11.4. The van der Waals surface area contributed by atoms with Crippen LogP contribution < -0.4 is 0 Å². The third-order valence-electron chi connectivity index (χ3n) is 3.09. The fourth-order valence-electron chi connectivity index (χ4n) is 2.04.